The first-order chi connectivity index (χ1) is 8.27. The maximum Gasteiger partial charge on any atom is 0.306 e. The number of hydrogen-bond acceptors (Lipinski definition) is 4. The van der Waals surface area contributed by atoms with Crippen molar-refractivity contribution in [3.8, 4) is 0 Å². The molecule has 1 aromatic rings. The molecule has 1 fully saturated rings. The molecule has 0 amide bonds. The molecule has 0 bridgehead atoms. The highest BCUT2D eigenvalue weighted by atomic mass is 16.4. The second-order valence-corrected chi connectivity index (χ2v) is 4.46. The molecule has 5 heteroatoms. The Morgan fingerprint density at radius 3 is 2.94 bits per heavy atom. The Hall–Kier alpha value is -1.65. The highest BCUT2D eigenvalue weighted by molar-refractivity contribution is 5.70. The number of nitrogens with one attached hydrogen (secondary N) is 1. The van der Waals surface area contributed by atoms with E-state index in [1.807, 2.05) is 0 Å². The Bertz CT molecular complexity index is 369. The van der Waals surface area contributed by atoms with Crippen molar-refractivity contribution in [1.29, 1.82) is 0 Å². The van der Waals surface area contributed by atoms with Gasteiger partial charge in [-0.05, 0) is 18.8 Å². The van der Waals surface area contributed by atoms with Crippen LogP contribution in [0.3, 0.4) is 0 Å². The van der Waals surface area contributed by atoms with Crippen LogP contribution in [0.5, 0.6) is 0 Å². The van der Waals surface area contributed by atoms with Crippen molar-refractivity contribution < 1.29 is 9.90 Å². The normalized spacial score (nSPS) is 24.2. The van der Waals surface area contributed by atoms with Crippen molar-refractivity contribution in [3.63, 3.8) is 0 Å². The van der Waals surface area contributed by atoms with E-state index < -0.39 is 5.97 Å². The first-order valence-corrected chi connectivity index (χ1v) is 6.00. The van der Waals surface area contributed by atoms with Crippen LogP contribution >= 0.6 is 0 Å². The summed E-state index contributed by atoms with van der Waals surface area (Å²) in [4.78, 5) is 19.2. The Kier molecular flexibility index (Phi) is 3.90. The van der Waals surface area contributed by atoms with E-state index in [1.54, 1.807) is 18.6 Å². The maximum absolute atomic E-state index is 11.1. The molecule has 0 aromatic carbocycles. The molecule has 0 spiro atoms. The van der Waals surface area contributed by atoms with Gasteiger partial charge in [-0.15, -0.1) is 0 Å². The predicted octanol–water partition coefficient (Wildman–Crippen LogP) is 1.78. The first kappa shape index (κ1) is 11.8. The first-order valence-electron chi connectivity index (χ1n) is 6.00. The van der Waals surface area contributed by atoms with Crippen LogP contribution in [0.1, 0.15) is 25.7 Å². The zero-order valence-corrected chi connectivity index (χ0v) is 9.67. The van der Waals surface area contributed by atoms with Crippen LogP contribution in [0.15, 0.2) is 18.6 Å². The third-order valence-corrected chi connectivity index (χ3v) is 3.33. The molecule has 5 nitrogen and oxygen atoms in total. The molecule has 1 aliphatic rings. The van der Waals surface area contributed by atoms with Gasteiger partial charge in [-0.25, -0.2) is 4.98 Å². The van der Waals surface area contributed by atoms with Crippen LogP contribution < -0.4 is 5.32 Å². The number of aliphatic carboxylic acids is 1. The van der Waals surface area contributed by atoms with Crippen molar-refractivity contribution in [2.45, 2.75) is 25.7 Å². The second-order valence-electron chi connectivity index (χ2n) is 4.46. The van der Waals surface area contributed by atoms with Crippen molar-refractivity contribution in [3.05, 3.63) is 18.6 Å². The molecule has 2 N–H and O–H groups in total. The monoisotopic (exact) mass is 235 g/mol. The third kappa shape index (κ3) is 3.15. The smallest absolute Gasteiger partial charge is 0.306 e. The summed E-state index contributed by atoms with van der Waals surface area (Å²) < 4.78 is 0. The Labute approximate surface area is 100 Å². The number of aromatic nitrogens is 2. The molecular weight excluding hydrogens is 218 g/mol. The van der Waals surface area contributed by atoms with Crippen molar-refractivity contribution in [2.75, 3.05) is 11.9 Å². The Balaban J connectivity index is 1.90. The molecule has 0 aliphatic heterocycles. The number of carbonyl (C=O) groups is 1. The number of anilines is 1. The standard InChI is InChI=1S/C12H17N3O2/c16-12(17)10-4-2-1-3-9(10)7-15-11-8-13-5-6-14-11/h5-6,8-10H,1-4,7H2,(H,14,15)(H,16,17). The third-order valence-electron chi connectivity index (χ3n) is 3.33. The number of rotatable bonds is 4. The lowest BCUT2D eigenvalue weighted by Crippen LogP contribution is -2.31. The van der Waals surface area contributed by atoms with Gasteiger partial charge in [0, 0.05) is 18.9 Å². The van der Waals surface area contributed by atoms with Crippen molar-refractivity contribution in [1.82, 2.24) is 9.97 Å². The van der Waals surface area contributed by atoms with Gasteiger partial charge in [0.25, 0.3) is 0 Å². The highest BCUT2D eigenvalue weighted by Gasteiger charge is 2.30. The summed E-state index contributed by atoms with van der Waals surface area (Å²) in [7, 11) is 0. The minimum absolute atomic E-state index is 0.197. The number of carboxylic acids is 1. The van der Waals surface area contributed by atoms with Crippen LogP contribution in [0, 0.1) is 11.8 Å². The molecule has 1 saturated carbocycles. The summed E-state index contributed by atoms with van der Waals surface area (Å²) in [5.41, 5.74) is 0. The minimum atomic E-state index is -0.671. The van der Waals surface area contributed by atoms with E-state index in [0.717, 1.165) is 25.7 Å². The fourth-order valence-corrected chi connectivity index (χ4v) is 2.40. The van der Waals surface area contributed by atoms with Crippen molar-refractivity contribution in [2.24, 2.45) is 11.8 Å². The summed E-state index contributed by atoms with van der Waals surface area (Å²) in [6, 6.07) is 0. The summed E-state index contributed by atoms with van der Waals surface area (Å²) in [5.74, 6) is 0.0223. The molecule has 2 unspecified atom stereocenters. The van der Waals surface area contributed by atoms with Gasteiger partial charge >= 0.3 is 5.97 Å². The highest BCUT2D eigenvalue weighted by Crippen LogP contribution is 2.30. The van der Waals surface area contributed by atoms with Crippen LogP contribution in [-0.2, 0) is 4.79 Å². The van der Waals surface area contributed by atoms with Gasteiger partial charge in [0.1, 0.15) is 5.82 Å². The average Bonchev–Trinajstić information content (AvgIpc) is 2.38. The summed E-state index contributed by atoms with van der Waals surface area (Å²) in [6.45, 7) is 0.662. The van der Waals surface area contributed by atoms with Gasteiger partial charge in [0.15, 0.2) is 0 Å². The number of nitrogens with zero attached hydrogens (tertiary/aromatic N) is 2. The van der Waals surface area contributed by atoms with E-state index in [2.05, 4.69) is 15.3 Å². The van der Waals surface area contributed by atoms with E-state index >= 15 is 0 Å². The van der Waals surface area contributed by atoms with Gasteiger partial charge < -0.3 is 10.4 Å². The maximum atomic E-state index is 11.1. The van der Waals surface area contributed by atoms with E-state index in [-0.39, 0.29) is 11.8 Å². The molecular formula is C12H17N3O2. The van der Waals surface area contributed by atoms with Crippen LogP contribution in [-0.4, -0.2) is 27.6 Å². The zero-order valence-electron chi connectivity index (χ0n) is 9.67. The molecule has 0 saturated heterocycles. The molecule has 2 rings (SSSR count). The quantitative estimate of drug-likeness (QED) is 0.832. The lowest BCUT2D eigenvalue weighted by Gasteiger charge is -2.28. The van der Waals surface area contributed by atoms with Gasteiger partial charge in [-0.2, -0.15) is 0 Å². The topological polar surface area (TPSA) is 75.1 Å². The summed E-state index contributed by atoms with van der Waals surface area (Å²) in [5, 5.41) is 12.3. The lowest BCUT2D eigenvalue weighted by molar-refractivity contribution is -0.144. The van der Waals surface area contributed by atoms with E-state index in [1.165, 1.54) is 0 Å². The largest absolute Gasteiger partial charge is 0.481 e. The van der Waals surface area contributed by atoms with Gasteiger partial charge in [-0.3, -0.25) is 9.78 Å². The lowest BCUT2D eigenvalue weighted by atomic mass is 9.79. The molecule has 1 heterocycles. The molecule has 0 radical (unpaired) electrons. The molecule has 17 heavy (non-hydrogen) atoms. The number of carboxylic acid groups (broad SMARTS) is 1. The average molecular weight is 235 g/mol. The zero-order chi connectivity index (χ0) is 12.1. The van der Waals surface area contributed by atoms with Crippen LogP contribution in [0.2, 0.25) is 0 Å². The summed E-state index contributed by atoms with van der Waals surface area (Å²) in [6.07, 6.45) is 8.81. The number of hydrogen-bond donors (Lipinski definition) is 2. The molecule has 92 valence electrons. The predicted molar refractivity (Wildman–Crippen MR) is 63.6 cm³/mol. The SMILES string of the molecule is O=C(O)C1CCCCC1CNc1cnccn1. The minimum Gasteiger partial charge on any atom is -0.481 e. The fraction of sp³-hybridized carbons (Fsp3) is 0.583. The molecule has 2 atom stereocenters. The van der Waals surface area contributed by atoms with Crippen LogP contribution in [0.4, 0.5) is 5.82 Å². The second kappa shape index (κ2) is 5.61. The van der Waals surface area contributed by atoms with E-state index in [4.69, 9.17) is 5.11 Å². The Morgan fingerprint density at radius 1 is 1.41 bits per heavy atom. The van der Waals surface area contributed by atoms with Gasteiger partial charge in [0.2, 0.25) is 0 Å². The van der Waals surface area contributed by atoms with Crippen molar-refractivity contribution >= 4 is 11.8 Å². The summed E-state index contributed by atoms with van der Waals surface area (Å²) >= 11 is 0. The fourth-order valence-electron chi connectivity index (χ4n) is 2.40. The van der Waals surface area contributed by atoms with Crippen LogP contribution in [0.25, 0.3) is 0 Å². The molecule has 1 aromatic heterocycles. The van der Waals surface area contributed by atoms with Gasteiger partial charge in [-0.1, -0.05) is 12.8 Å². The van der Waals surface area contributed by atoms with E-state index in [9.17, 15) is 4.79 Å². The Morgan fingerprint density at radius 2 is 2.24 bits per heavy atom. The van der Waals surface area contributed by atoms with Gasteiger partial charge in [0.05, 0.1) is 12.1 Å². The van der Waals surface area contributed by atoms with E-state index in [0.29, 0.717) is 12.4 Å². The molecule has 1 aliphatic carbocycles.